The van der Waals surface area contributed by atoms with Gasteiger partial charge in [-0.1, -0.05) is 11.6 Å². The highest BCUT2D eigenvalue weighted by atomic mass is 35.5. The summed E-state index contributed by atoms with van der Waals surface area (Å²) in [5.74, 6) is -1.06. The van der Waals surface area contributed by atoms with Crippen molar-refractivity contribution in [3.8, 4) is 6.07 Å². The Hall–Kier alpha value is -1.60. The lowest BCUT2D eigenvalue weighted by molar-refractivity contribution is 0.0666. The van der Waals surface area contributed by atoms with E-state index in [2.05, 4.69) is 6.07 Å². The molecule has 1 fully saturated rings. The summed E-state index contributed by atoms with van der Waals surface area (Å²) in [5.41, 5.74) is -0.0651. The van der Waals surface area contributed by atoms with Crippen molar-refractivity contribution >= 4 is 17.5 Å². The van der Waals surface area contributed by atoms with Crippen LogP contribution in [0.1, 0.15) is 29.6 Å². The topological polar surface area (TPSA) is 44.1 Å². The number of carbonyl (C=O) groups excluding carboxylic acids is 1. The van der Waals surface area contributed by atoms with Gasteiger partial charge in [-0.15, -0.1) is 0 Å². The molecule has 94 valence electrons. The molecule has 1 aliphatic rings. The van der Waals surface area contributed by atoms with E-state index in [9.17, 15) is 9.18 Å². The molecule has 1 atom stereocenters. The summed E-state index contributed by atoms with van der Waals surface area (Å²) in [6.07, 6.45) is 2.40. The highest BCUT2D eigenvalue weighted by molar-refractivity contribution is 6.31. The number of carbonyl (C=O) groups is 1. The summed E-state index contributed by atoms with van der Waals surface area (Å²) < 4.78 is 13.6. The largest absolute Gasteiger partial charge is 0.323 e. The first-order valence-electron chi connectivity index (χ1n) is 5.79. The highest BCUT2D eigenvalue weighted by Crippen LogP contribution is 2.22. The molecule has 0 bridgehead atoms. The Balaban J connectivity index is 2.30. The zero-order chi connectivity index (χ0) is 13.1. The predicted molar refractivity (Wildman–Crippen MR) is 65.7 cm³/mol. The van der Waals surface area contributed by atoms with E-state index in [1.807, 2.05) is 0 Å². The van der Waals surface area contributed by atoms with Crippen molar-refractivity contribution in [1.29, 1.82) is 5.26 Å². The summed E-state index contributed by atoms with van der Waals surface area (Å²) in [4.78, 5) is 13.6. The fourth-order valence-corrected chi connectivity index (χ4v) is 2.30. The normalized spacial score (nSPS) is 19.4. The van der Waals surface area contributed by atoms with Crippen LogP contribution >= 0.6 is 11.6 Å². The van der Waals surface area contributed by atoms with Crippen LogP contribution < -0.4 is 0 Å². The summed E-state index contributed by atoms with van der Waals surface area (Å²) in [5, 5.41) is 9.33. The molecule has 18 heavy (non-hydrogen) atoms. The highest BCUT2D eigenvalue weighted by Gasteiger charge is 2.28. The number of piperidine rings is 1. The molecule has 5 heteroatoms. The number of halogens is 2. The number of benzene rings is 1. The average Bonchev–Trinajstić information content (AvgIpc) is 2.40. The lowest BCUT2D eigenvalue weighted by Gasteiger charge is -2.31. The minimum absolute atomic E-state index is 0.0651. The standard InChI is InChI=1S/C13H12ClFN2O/c14-9-4-5-12(15)11(7-9)13(18)17-6-2-1-3-10(17)8-16/h4-5,7,10H,1-3,6H2. The van der Waals surface area contributed by atoms with Crippen molar-refractivity contribution in [2.45, 2.75) is 25.3 Å². The zero-order valence-corrected chi connectivity index (χ0v) is 10.5. The number of amides is 1. The molecule has 1 saturated heterocycles. The first-order valence-corrected chi connectivity index (χ1v) is 6.17. The van der Waals surface area contributed by atoms with Crippen LogP contribution in [0.2, 0.25) is 5.02 Å². The van der Waals surface area contributed by atoms with Crippen molar-refractivity contribution in [3.63, 3.8) is 0 Å². The molecular formula is C13H12ClFN2O. The minimum atomic E-state index is -0.605. The van der Waals surface area contributed by atoms with E-state index in [4.69, 9.17) is 16.9 Å². The number of hydrogen-bond acceptors (Lipinski definition) is 2. The Kier molecular flexibility index (Phi) is 3.83. The molecule has 0 saturated carbocycles. The molecule has 1 aliphatic heterocycles. The van der Waals surface area contributed by atoms with Crippen LogP contribution in [0.4, 0.5) is 4.39 Å². The molecule has 1 aromatic carbocycles. The molecule has 1 amide bonds. The second-order valence-corrected chi connectivity index (χ2v) is 4.70. The van der Waals surface area contributed by atoms with E-state index in [0.717, 1.165) is 12.8 Å². The van der Waals surface area contributed by atoms with Crippen molar-refractivity contribution in [1.82, 2.24) is 4.90 Å². The maximum atomic E-state index is 13.6. The van der Waals surface area contributed by atoms with Gasteiger partial charge in [0.2, 0.25) is 0 Å². The van der Waals surface area contributed by atoms with E-state index in [1.54, 1.807) is 0 Å². The van der Waals surface area contributed by atoms with E-state index in [1.165, 1.54) is 23.1 Å². The Morgan fingerprint density at radius 2 is 2.28 bits per heavy atom. The SMILES string of the molecule is N#CC1CCCCN1C(=O)c1cc(Cl)ccc1F. The quantitative estimate of drug-likeness (QED) is 0.784. The van der Waals surface area contributed by atoms with Crippen molar-refractivity contribution in [2.24, 2.45) is 0 Å². The van der Waals surface area contributed by atoms with Gasteiger partial charge in [0, 0.05) is 11.6 Å². The van der Waals surface area contributed by atoms with E-state index in [-0.39, 0.29) is 5.56 Å². The Bertz CT molecular complexity index is 512. The van der Waals surface area contributed by atoms with Crippen LogP contribution in [0.15, 0.2) is 18.2 Å². The minimum Gasteiger partial charge on any atom is -0.323 e. The van der Waals surface area contributed by atoms with Crippen molar-refractivity contribution in [3.05, 3.63) is 34.6 Å². The van der Waals surface area contributed by atoms with Crippen LogP contribution in [0.3, 0.4) is 0 Å². The van der Waals surface area contributed by atoms with Gasteiger partial charge in [0.15, 0.2) is 0 Å². The molecule has 3 nitrogen and oxygen atoms in total. The lowest BCUT2D eigenvalue weighted by Crippen LogP contribution is -2.43. The number of nitrogens with zero attached hydrogens (tertiary/aromatic N) is 2. The number of nitriles is 1. The molecule has 0 spiro atoms. The van der Waals surface area contributed by atoms with Crippen LogP contribution in [0, 0.1) is 17.1 Å². The third kappa shape index (κ3) is 2.46. The summed E-state index contributed by atoms with van der Waals surface area (Å²) in [7, 11) is 0. The number of likely N-dealkylation sites (tertiary alicyclic amines) is 1. The van der Waals surface area contributed by atoms with Gasteiger partial charge in [-0.05, 0) is 37.5 Å². The number of rotatable bonds is 1. The van der Waals surface area contributed by atoms with Gasteiger partial charge in [0.1, 0.15) is 11.9 Å². The molecule has 1 unspecified atom stereocenters. The Morgan fingerprint density at radius 3 is 3.00 bits per heavy atom. The molecular weight excluding hydrogens is 255 g/mol. The third-order valence-corrected chi connectivity index (χ3v) is 3.31. The van der Waals surface area contributed by atoms with Gasteiger partial charge in [-0.3, -0.25) is 4.79 Å². The second kappa shape index (κ2) is 5.36. The maximum absolute atomic E-state index is 13.6. The molecule has 0 N–H and O–H groups in total. The first-order chi connectivity index (χ1) is 8.63. The lowest BCUT2D eigenvalue weighted by atomic mass is 10.0. The van der Waals surface area contributed by atoms with E-state index in [0.29, 0.717) is 18.0 Å². The molecule has 0 radical (unpaired) electrons. The maximum Gasteiger partial charge on any atom is 0.257 e. The predicted octanol–water partition coefficient (Wildman–Crippen LogP) is 3.00. The molecule has 1 heterocycles. The third-order valence-electron chi connectivity index (χ3n) is 3.07. The van der Waals surface area contributed by atoms with Gasteiger partial charge >= 0.3 is 0 Å². The summed E-state index contributed by atoms with van der Waals surface area (Å²) >= 11 is 5.77. The van der Waals surface area contributed by atoms with Crippen LogP contribution in [-0.4, -0.2) is 23.4 Å². The molecule has 0 aliphatic carbocycles. The van der Waals surface area contributed by atoms with Crippen LogP contribution in [-0.2, 0) is 0 Å². The Morgan fingerprint density at radius 1 is 1.50 bits per heavy atom. The molecule has 1 aromatic rings. The molecule has 2 rings (SSSR count). The van der Waals surface area contributed by atoms with Gasteiger partial charge < -0.3 is 4.90 Å². The average molecular weight is 267 g/mol. The summed E-state index contributed by atoms with van der Waals surface area (Å²) in [6, 6.07) is 5.49. The summed E-state index contributed by atoms with van der Waals surface area (Å²) in [6.45, 7) is 0.489. The van der Waals surface area contributed by atoms with Gasteiger partial charge in [0.25, 0.3) is 5.91 Å². The van der Waals surface area contributed by atoms with Crippen molar-refractivity contribution < 1.29 is 9.18 Å². The van der Waals surface area contributed by atoms with Crippen LogP contribution in [0.5, 0.6) is 0 Å². The van der Waals surface area contributed by atoms with Gasteiger partial charge in [-0.2, -0.15) is 5.26 Å². The fourth-order valence-electron chi connectivity index (χ4n) is 2.12. The Labute approximate surface area is 110 Å². The van der Waals surface area contributed by atoms with Gasteiger partial charge in [0.05, 0.1) is 11.6 Å². The monoisotopic (exact) mass is 266 g/mol. The van der Waals surface area contributed by atoms with E-state index >= 15 is 0 Å². The second-order valence-electron chi connectivity index (χ2n) is 4.26. The first kappa shape index (κ1) is 12.8. The fraction of sp³-hybridized carbons (Fsp3) is 0.385. The van der Waals surface area contributed by atoms with Crippen molar-refractivity contribution in [2.75, 3.05) is 6.54 Å². The smallest absolute Gasteiger partial charge is 0.257 e. The van der Waals surface area contributed by atoms with Gasteiger partial charge in [-0.25, -0.2) is 4.39 Å². The van der Waals surface area contributed by atoms with Crippen LogP contribution in [0.25, 0.3) is 0 Å². The number of hydrogen-bond donors (Lipinski definition) is 0. The van der Waals surface area contributed by atoms with E-state index < -0.39 is 17.8 Å². The molecule has 0 aromatic heterocycles. The zero-order valence-electron chi connectivity index (χ0n) is 9.70.